The van der Waals surface area contributed by atoms with Gasteiger partial charge in [0.2, 0.25) is 0 Å². The van der Waals surface area contributed by atoms with Crippen molar-refractivity contribution >= 4 is 17.8 Å². The Bertz CT molecular complexity index is 1020. The van der Waals surface area contributed by atoms with E-state index in [1.807, 2.05) is 0 Å². The first kappa shape index (κ1) is 19.5. The Morgan fingerprint density at radius 1 is 1.28 bits per heavy atom. The number of carbonyl (C=O) groups excluding carboxylic acids is 1. The molecule has 0 atom stereocenters. The van der Waals surface area contributed by atoms with Crippen molar-refractivity contribution in [2.24, 2.45) is 5.10 Å². The first-order valence-electron chi connectivity index (χ1n) is 8.44. The van der Waals surface area contributed by atoms with Crippen LogP contribution in [0.1, 0.15) is 21.6 Å². The van der Waals surface area contributed by atoms with E-state index in [9.17, 15) is 14.9 Å². The zero-order valence-electron chi connectivity index (χ0n) is 15.4. The second-order valence-electron chi connectivity index (χ2n) is 5.78. The molecular weight excluding hydrogens is 378 g/mol. The number of nitro benzene ring substituents is 1. The fourth-order valence-electron chi connectivity index (χ4n) is 2.42. The first-order valence-corrected chi connectivity index (χ1v) is 8.44. The summed E-state index contributed by atoms with van der Waals surface area (Å²) in [6.07, 6.45) is 2.96. The van der Waals surface area contributed by atoms with Gasteiger partial charge in [-0.25, -0.2) is 5.43 Å². The lowest BCUT2D eigenvalue weighted by Gasteiger charge is -2.11. The summed E-state index contributed by atoms with van der Waals surface area (Å²) in [4.78, 5) is 22.1. The van der Waals surface area contributed by atoms with Crippen LogP contribution in [0.2, 0.25) is 0 Å². The number of nitro groups is 1. The summed E-state index contributed by atoms with van der Waals surface area (Å²) in [5.74, 6) is 0.697. The van der Waals surface area contributed by atoms with Gasteiger partial charge in [-0.3, -0.25) is 20.0 Å². The first-order chi connectivity index (χ1) is 14.1. The summed E-state index contributed by atoms with van der Waals surface area (Å²) in [5.41, 5.74) is 4.15. The second kappa shape index (κ2) is 9.13. The lowest BCUT2D eigenvalue weighted by molar-refractivity contribution is -0.384. The van der Waals surface area contributed by atoms with Crippen LogP contribution in [0, 0.1) is 10.1 Å². The Morgan fingerprint density at radius 2 is 2.07 bits per heavy atom. The zero-order chi connectivity index (χ0) is 20.6. The minimum Gasteiger partial charge on any atom is -0.496 e. The van der Waals surface area contributed by atoms with Crippen molar-refractivity contribution in [2.75, 3.05) is 7.11 Å². The number of hydrogen-bond donors (Lipinski definition) is 2. The van der Waals surface area contributed by atoms with Gasteiger partial charge in [-0.1, -0.05) is 0 Å². The van der Waals surface area contributed by atoms with Crippen LogP contribution in [0.5, 0.6) is 11.5 Å². The van der Waals surface area contributed by atoms with Gasteiger partial charge < -0.3 is 9.47 Å². The van der Waals surface area contributed by atoms with Gasteiger partial charge in [-0.05, 0) is 42.0 Å². The molecule has 3 aromatic rings. The maximum Gasteiger partial charge on any atom is 0.289 e. The van der Waals surface area contributed by atoms with Gasteiger partial charge in [0.15, 0.2) is 0 Å². The fourth-order valence-corrected chi connectivity index (χ4v) is 2.42. The normalized spacial score (nSPS) is 10.7. The predicted molar refractivity (Wildman–Crippen MR) is 104 cm³/mol. The standard InChI is InChI=1S/C19H17N5O5/c1-28-18-7-2-13(11-21-23-19(25)17-8-9-20-22-17)10-14(18)12-29-16-5-3-15(4-6-16)24(26)27/h2-11H,12H2,1H3,(H,20,22)(H,23,25)/b21-11-. The molecule has 2 N–H and O–H groups in total. The second-order valence-corrected chi connectivity index (χ2v) is 5.78. The molecule has 1 heterocycles. The SMILES string of the molecule is COc1ccc(/C=N\NC(=O)c2ccn[nH]2)cc1COc1ccc([N+](=O)[O-])cc1. The van der Waals surface area contributed by atoms with E-state index in [0.29, 0.717) is 17.2 Å². The quantitative estimate of drug-likeness (QED) is 0.342. The molecule has 0 radical (unpaired) electrons. The van der Waals surface area contributed by atoms with Crippen molar-refractivity contribution in [1.29, 1.82) is 0 Å². The molecule has 3 rings (SSSR count). The van der Waals surface area contributed by atoms with Crippen LogP contribution >= 0.6 is 0 Å². The molecule has 10 nitrogen and oxygen atoms in total. The highest BCUT2D eigenvalue weighted by atomic mass is 16.6. The minimum absolute atomic E-state index is 0.00897. The van der Waals surface area contributed by atoms with Gasteiger partial charge in [-0.2, -0.15) is 10.2 Å². The van der Waals surface area contributed by atoms with Gasteiger partial charge in [-0.15, -0.1) is 0 Å². The fraction of sp³-hybridized carbons (Fsp3) is 0.105. The van der Waals surface area contributed by atoms with Gasteiger partial charge in [0, 0.05) is 23.9 Å². The number of carbonyl (C=O) groups is 1. The Hall–Kier alpha value is -4.21. The van der Waals surface area contributed by atoms with Gasteiger partial charge in [0.1, 0.15) is 23.8 Å². The summed E-state index contributed by atoms with van der Waals surface area (Å²) in [7, 11) is 1.54. The number of benzene rings is 2. The van der Waals surface area contributed by atoms with Crippen LogP contribution in [-0.2, 0) is 6.61 Å². The smallest absolute Gasteiger partial charge is 0.289 e. The van der Waals surface area contributed by atoms with Gasteiger partial charge >= 0.3 is 0 Å². The van der Waals surface area contributed by atoms with Crippen LogP contribution in [0.3, 0.4) is 0 Å². The highest BCUT2D eigenvalue weighted by molar-refractivity contribution is 5.93. The Balaban J connectivity index is 1.65. The zero-order valence-corrected chi connectivity index (χ0v) is 15.4. The lowest BCUT2D eigenvalue weighted by Crippen LogP contribution is -2.18. The molecule has 0 unspecified atom stereocenters. The number of methoxy groups -OCH3 is 1. The van der Waals surface area contributed by atoms with Crippen LogP contribution in [-0.4, -0.2) is 34.4 Å². The molecule has 0 spiro atoms. The molecule has 1 aromatic heterocycles. The van der Waals surface area contributed by atoms with Crippen molar-refractivity contribution in [2.45, 2.75) is 6.61 Å². The molecule has 0 aliphatic rings. The van der Waals surface area contributed by atoms with Crippen molar-refractivity contribution in [3.8, 4) is 11.5 Å². The van der Waals surface area contributed by atoms with Crippen LogP contribution in [0.15, 0.2) is 59.8 Å². The number of aromatic nitrogens is 2. The number of non-ortho nitro benzene ring substituents is 1. The number of H-pyrrole nitrogens is 1. The van der Waals surface area contributed by atoms with Crippen molar-refractivity contribution in [3.05, 3.63) is 81.7 Å². The van der Waals surface area contributed by atoms with E-state index in [1.54, 1.807) is 25.3 Å². The Morgan fingerprint density at radius 3 is 2.72 bits per heavy atom. The van der Waals surface area contributed by atoms with E-state index < -0.39 is 10.8 Å². The van der Waals surface area contributed by atoms with Gasteiger partial charge in [0.05, 0.1) is 18.2 Å². The molecular formula is C19H17N5O5. The van der Waals surface area contributed by atoms with E-state index in [4.69, 9.17) is 9.47 Å². The summed E-state index contributed by atoms with van der Waals surface area (Å²) < 4.78 is 11.0. The highest BCUT2D eigenvalue weighted by Gasteiger charge is 2.08. The molecule has 0 bridgehead atoms. The van der Waals surface area contributed by atoms with Crippen LogP contribution < -0.4 is 14.9 Å². The maximum atomic E-state index is 11.8. The maximum absolute atomic E-state index is 11.8. The summed E-state index contributed by atoms with van der Waals surface area (Å²) in [6.45, 7) is 0.184. The number of nitrogens with zero attached hydrogens (tertiary/aromatic N) is 3. The average molecular weight is 395 g/mol. The monoisotopic (exact) mass is 395 g/mol. The van der Waals surface area contributed by atoms with E-state index in [2.05, 4.69) is 20.7 Å². The largest absolute Gasteiger partial charge is 0.496 e. The number of nitrogens with one attached hydrogen (secondary N) is 2. The molecule has 0 saturated carbocycles. The third-order valence-corrected chi connectivity index (χ3v) is 3.87. The Kier molecular flexibility index (Phi) is 6.15. The average Bonchev–Trinajstić information content (AvgIpc) is 3.27. The van der Waals surface area contributed by atoms with E-state index in [1.165, 1.54) is 42.7 Å². The predicted octanol–water partition coefficient (Wildman–Crippen LogP) is 2.67. The number of aromatic amines is 1. The van der Waals surface area contributed by atoms with Gasteiger partial charge in [0.25, 0.3) is 11.6 Å². The lowest BCUT2D eigenvalue weighted by atomic mass is 10.1. The molecule has 2 aromatic carbocycles. The van der Waals surface area contributed by atoms with Crippen molar-refractivity contribution in [3.63, 3.8) is 0 Å². The third-order valence-electron chi connectivity index (χ3n) is 3.87. The third kappa shape index (κ3) is 5.16. The topological polar surface area (TPSA) is 132 Å². The van der Waals surface area contributed by atoms with Crippen molar-refractivity contribution < 1.29 is 19.2 Å². The summed E-state index contributed by atoms with van der Waals surface area (Å²) >= 11 is 0. The van der Waals surface area contributed by atoms with E-state index in [0.717, 1.165) is 11.1 Å². The molecule has 29 heavy (non-hydrogen) atoms. The molecule has 1 amide bonds. The molecule has 0 aliphatic carbocycles. The highest BCUT2D eigenvalue weighted by Crippen LogP contribution is 2.23. The van der Waals surface area contributed by atoms with Crippen LogP contribution in [0.4, 0.5) is 5.69 Å². The minimum atomic E-state index is -0.471. The van der Waals surface area contributed by atoms with E-state index in [-0.39, 0.29) is 12.3 Å². The number of ether oxygens (including phenoxy) is 2. The van der Waals surface area contributed by atoms with E-state index >= 15 is 0 Å². The van der Waals surface area contributed by atoms with Crippen molar-refractivity contribution in [1.82, 2.24) is 15.6 Å². The number of rotatable bonds is 8. The molecule has 10 heteroatoms. The molecule has 0 saturated heterocycles. The van der Waals surface area contributed by atoms with Crippen LogP contribution in [0.25, 0.3) is 0 Å². The molecule has 0 aliphatic heterocycles. The Labute approximate surface area is 165 Å². The number of hydrogen-bond acceptors (Lipinski definition) is 7. The summed E-state index contributed by atoms with van der Waals surface area (Å²) in [6, 6.07) is 12.7. The summed E-state index contributed by atoms with van der Waals surface area (Å²) in [5, 5.41) is 20.9. The number of hydrazone groups is 1. The molecule has 0 fully saturated rings. The molecule has 148 valence electrons. The number of amides is 1.